The number of nitriles is 1. The van der Waals surface area contributed by atoms with Crippen molar-refractivity contribution >= 4 is 54.7 Å². The zero-order valence-corrected chi connectivity index (χ0v) is 25.9. The first-order valence-corrected chi connectivity index (χ1v) is 16.4. The van der Waals surface area contributed by atoms with E-state index in [2.05, 4.69) is 33.1 Å². The van der Waals surface area contributed by atoms with E-state index >= 15 is 4.39 Å². The highest BCUT2D eigenvalue weighted by Crippen LogP contribution is 2.47. The second-order valence-corrected chi connectivity index (χ2v) is 14.5. The van der Waals surface area contributed by atoms with Gasteiger partial charge < -0.3 is 20.7 Å². The molecule has 0 radical (unpaired) electrons. The number of rotatable bonds is 5. The molecule has 228 valence electrons. The van der Waals surface area contributed by atoms with Crippen molar-refractivity contribution < 1.29 is 13.5 Å². The highest BCUT2D eigenvalue weighted by molar-refractivity contribution is 7.23. The van der Waals surface area contributed by atoms with Crippen LogP contribution in [0.3, 0.4) is 0 Å². The Hall–Kier alpha value is -3.30. The van der Waals surface area contributed by atoms with Gasteiger partial charge in [0.15, 0.2) is 5.82 Å². The number of nitrogen functional groups attached to an aromatic ring is 1. The Bertz CT molecular complexity index is 1890. The average Bonchev–Trinajstić information content (AvgIpc) is 3.74. The number of nitrogens with zero attached hydrogens (tertiary/aromatic N) is 5. The fourth-order valence-electron chi connectivity index (χ4n) is 8.12. The maximum atomic E-state index is 16.9. The highest BCUT2D eigenvalue weighted by Gasteiger charge is 2.48. The van der Waals surface area contributed by atoms with Crippen LogP contribution in [-0.4, -0.2) is 65.3 Å². The number of nitrogens with one attached hydrogen (secondary N) is 1. The molecule has 2 aromatic carbocycles. The van der Waals surface area contributed by atoms with E-state index in [1.165, 1.54) is 12.1 Å². The topological polar surface area (TPSA) is 103 Å². The summed E-state index contributed by atoms with van der Waals surface area (Å²) in [5.74, 6) is -0.0331. The minimum absolute atomic E-state index is 0.0379. The Morgan fingerprint density at radius 2 is 2.09 bits per heavy atom. The number of fused-ring (bicyclic) bond motifs is 3. The SMILES string of the molecule is C[C@H]1CN2CCCC2(COc2nc(N3CC[C@@]4(CCN4)C3)c3cc(Cl)c(-c4ccc(F)c5sc(N)c(C#N)c45)c(F)c3n2)C1. The molecule has 4 fully saturated rings. The molecule has 0 saturated carbocycles. The summed E-state index contributed by atoms with van der Waals surface area (Å²) in [4.78, 5) is 14.2. The first-order valence-electron chi connectivity index (χ1n) is 15.2. The summed E-state index contributed by atoms with van der Waals surface area (Å²) in [5, 5.41) is 14.4. The Balaban J connectivity index is 1.28. The van der Waals surface area contributed by atoms with Crippen molar-refractivity contribution in [3.63, 3.8) is 0 Å². The molecule has 44 heavy (non-hydrogen) atoms. The molecular weight excluding hydrogens is 604 g/mol. The molecule has 3 N–H and O–H groups in total. The lowest BCUT2D eigenvalue weighted by Gasteiger charge is -2.39. The molecule has 1 spiro atoms. The van der Waals surface area contributed by atoms with E-state index in [-0.39, 0.29) is 59.4 Å². The third-order valence-corrected chi connectivity index (χ3v) is 11.6. The number of nitrogens with two attached hydrogens (primary N) is 1. The van der Waals surface area contributed by atoms with Crippen molar-refractivity contribution in [1.29, 1.82) is 5.26 Å². The predicted octanol–water partition coefficient (Wildman–Crippen LogP) is 6.09. The van der Waals surface area contributed by atoms with Crippen molar-refractivity contribution in [1.82, 2.24) is 20.2 Å². The minimum Gasteiger partial charge on any atom is -0.461 e. The van der Waals surface area contributed by atoms with Crippen molar-refractivity contribution in [3.05, 3.63) is 40.4 Å². The van der Waals surface area contributed by atoms with Crippen LogP contribution in [0.4, 0.5) is 19.6 Å². The fourth-order valence-corrected chi connectivity index (χ4v) is 9.37. The summed E-state index contributed by atoms with van der Waals surface area (Å²) >= 11 is 7.81. The van der Waals surface area contributed by atoms with Crippen LogP contribution in [0.1, 0.15) is 44.6 Å². The maximum Gasteiger partial charge on any atom is 0.319 e. The molecule has 4 aliphatic heterocycles. The molecule has 0 aliphatic carbocycles. The van der Waals surface area contributed by atoms with Gasteiger partial charge in [0.05, 0.1) is 20.8 Å². The number of benzene rings is 2. The fraction of sp³-hybridized carbons (Fsp3) is 0.469. The largest absolute Gasteiger partial charge is 0.461 e. The van der Waals surface area contributed by atoms with Gasteiger partial charge >= 0.3 is 6.01 Å². The molecule has 3 atom stereocenters. The third kappa shape index (κ3) is 4.18. The van der Waals surface area contributed by atoms with Crippen LogP contribution in [0.2, 0.25) is 5.02 Å². The van der Waals surface area contributed by atoms with E-state index in [1.54, 1.807) is 6.07 Å². The van der Waals surface area contributed by atoms with E-state index in [1.807, 2.05) is 0 Å². The number of halogens is 3. The number of ether oxygens (including phenoxy) is 1. The van der Waals surface area contributed by atoms with Gasteiger partial charge in [0.1, 0.15) is 34.8 Å². The second-order valence-electron chi connectivity index (χ2n) is 13.0. The Labute approximate surface area is 262 Å². The van der Waals surface area contributed by atoms with Crippen LogP contribution in [0.25, 0.3) is 32.1 Å². The Morgan fingerprint density at radius 1 is 1.25 bits per heavy atom. The van der Waals surface area contributed by atoms with Gasteiger partial charge in [0, 0.05) is 41.5 Å². The Morgan fingerprint density at radius 3 is 2.84 bits per heavy atom. The van der Waals surface area contributed by atoms with Gasteiger partial charge in [-0.05, 0) is 68.8 Å². The molecule has 4 aromatic rings. The first kappa shape index (κ1) is 28.2. The summed E-state index contributed by atoms with van der Waals surface area (Å²) in [6.07, 6.45) is 5.27. The monoisotopic (exact) mass is 635 g/mol. The maximum absolute atomic E-state index is 16.9. The van der Waals surface area contributed by atoms with Gasteiger partial charge in [-0.15, -0.1) is 11.3 Å². The van der Waals surface area contributed by atoms with Crippen LogP contribution >= 0.6 is 22.9 Å². The van der Waals surface area contributed by atoms with Gasteiger partial charge in [0.2, 0.25) is 0 Å². The summed E-state index contributed by atoms with van der Waals surface area (Å²) < 4.78 is 38.3. The molecule has 8 rings (SSSR count). The predicted molar refractivity (Wildman–Crippen MR) is 169 cm³/mol. The van der Waals surface area contributed by atoms with Gasteiger partial charge in [-0.2, -0.15) is 15.2 Å². The molecule has 0 amide bonds. The zero-order chi connectivity index (χ0) is 30.4. The summed E-state index contributed by atoms with van der Waals surface area (Å²) in [7, 11) is 0. The van der Waals surface area contributed by atoms with Gasteiger partial charge in [-0.1, -0.05) is 24.6 Å². The van der Waals surface area contributed by atoms with Gasteiger partial charge in [-0.25, -0.2) is 8.78 Å². The van der Waals surface area contributed by atoms with E-state index in [0.717, 1.165) is 76.2 Å². The number of hydrogen-bond donors (Lipinski definition) is 2. The van der Waals surface area contributed by atoms with E-state index in [9.17, 15) is 9.65 Å². The third-order valence-electron chi connectivity index (χ3n) is 10.3. The van der Waals surface area contributed by atoms with E-state index in [4.69, 9.17) is 27.1 Å². The van der Waals surface area contributed by atoms with Crippen molar-refractivity contribution in [2.45, 2.75) is 50.1 Å². The van der Waals surface area contributed by atoms with Crippen LogP contribution in [-0.2, 0) is 0 Å². The molecule has 0 bridgehead atoms. The van der Waals surface area contributed by atoms with Crippen molar-refractivity contribution in [2.24, 2.45) is 5.92 Å². The van der Waals surface area contributed by atoms with E-state index < -0.39 is 11.6 Å². The molecule has 1 unspecified atom stereocenters. The van der Waals surface area contributed by atoms with Crippen LogP contribution < -0.4 is 20.7 Å². The lowest BCUT2D eigenvalue weighted by molar-refractivity contribution is 0.107. The normalized spacial score (nSPS) is 26.5. The average molecular weight is 636 g/mol. The quantitative estimate of drug-likeness (QED) is 0.272. The van der Waals surface area contributed by atoms with Crippen LogP contribution in [0, 0.1) is 28.9 Å². The number of thiophene rings is 1. The Kier molecular flexibility index (Phi) is 6.48. The number of anilines is 2. The summed E-state index contributed by atoms with van der Waals surface area (Å²) in [6.45, 7) is 7.30. The standard InChI is InChI=1S/C32H32ClF2N7OS/c1-17-12-32(5-2-9-42(32)14-17)16-43-30-39-26-19(29(40-30)41-10-7-31(15-41)6-8-38-31)11-21(33)24(25(26)35)18-3-4-22(34)27-23(18)20(13-36)28(37)44-27/h3-4,11,17,38H,2,5-10,12,14-16,37H2,1H3/t17-,31+,32?/m1/s1. The minimum atomic E-state index is -0.673. The molecular formula is C32H32ClF2N7OS. The van der Waals surface area contributed by atoms with Gasteiger partial charge in [-0.3, -0.25) is 4.90 Å². The lowest BCUT2D eigenvalue weighted by Crippen LogP contribution is -2.58. The highest BCUT2D eigenvalue weighted by atomic mass is 35.5. The van der Waals surface area contributed by atoms with Crippen molar-refractivity contribution in [2.75, 3.05) is 50.0 Å². The van der Waals surface area contributed by atoms with E-state index in [0.29, 0.717) is 23.7 Å². The molecule has 6 heterocycles. The molecule has 4 aliphatic rings. The molecule has 4 saturated heterocycles. The first-order chi connectivity index (χ1) is 21.2. The zero-order valence-electron chi connectivity index (χ0n) is 24.4. The molecule has 2 aromatic heterocycles. The van der Waals surface area contributed by atoms with Crippen LogP contribution in [0.5, 0.6) is 6.01 Å². The van der Waals surface area contributed by atoms with Gasteiger partial charge in [0.25, 0.3) is 0 Å². The molecule has 12 heteroatoms. The summed E-state index contributed by atoms with van der Waals surface area (Å²) in [5.41, 5.74) is 6.56. The van der Waals surface area contributed by atoms with Crippen molar-refractivity contribution in [3.8, 4) is 23.2 Å². The molecule has 8 nitrogen and oxygen atoms in total. The summed E-state index contributed by atoms with van der Waals surface area (Å²) in [6, 6.07) is 6.57. The lowest BCUT2D eigenvalue weighted by atomic mass is 9.87. The smallest absolute Gasteiger partial charge is 0.319 e. The second kappa shape index (κ2) is 10.1. The number of hydrogen-bond acceptors (Lipinski definition) is 9. The van der Waals surface area contributed by atoms with Crippen LogP contribution in [0.15, 0.2) is 18.2 Å². The number of aromatic nitrogens is 2.